The number of carbonyl (C=O) groups excluding carboxylic acids is 1. The van der Waals surface area contributed by atoms with Crippen LogP contribution in [-0.4, -0.2) is 48.1 Å². The van der Waals surface area contributed by atoms with Gasteiger partial charge in [0.25, 0.3) is 0 Å². The molecule has 2 aliphatic heterocycles. The van der Waals surface area contributed by atoms with Gasteiger partial charge in [-0.1, -0.05) is 12.5 Å². The quantitative estimate of drug-likeness (QED) is 0.837. The Morgan fingerprint density at radius 2 is 2.10 bits per heavy atom. The Kier molecular flexibility index (Phi) is 5.94. The summed E-state index contributed by atoms with van der Waals surface area (Å²) in [5, 5.41) is 3.51. The highest BCUT2D eigenvalue weighted by Gasteiger charge is 2.25. The van der Waals surface area contributed by atoms with Crippen LogP contribution in [0, 0.1) is 0 Å². The standard InChI is InChI=1S/C22H28N4O3/c1-28-19-7-6-15(11-20(19)29-2)12-21(27)26-10-8-17-16(14-26)13-24-22(25-17)18-5-3-4-9-23-18/h6-7,11,13,18,23H,3-5,8-10,12,14H2,1-2H3/t18-/m0/s1. The predicted octanol–water partition coefficient (Wildman–Crippen LogP) is 2.44. The number of hydrogen-bond acceptors (Lipinski definition) is 6. The van der Waals surface area contributed by atoms with E-state index in [1.165, 1.54) is 12.8 Å². The molecule has 1 fully saturated rings. The lowest BCUT2D eigenvalue weighted by atomic mass is 10.0. The van der Waals surface area contributed by atoms with Crippen LogP contribution >= 0.6 is 0 Å². The molecular formula is C22H28N4O3. The molecule has 1 atom stereocenters. The van der Waals surface area contributed by atoms with E-state index in [-0.39, 0.29) is 11.9 Å². The Morgan fingerprint density at radius 1 is 1.24 bits per heavy atom. The normalized spacial score (nSPS) is 18.8. The molecule has 1 saturated heterocycles. The lowest BCUT2D eigenvalue weighted by molar-refractivity contribution is -0.131. The number of methoxy groups -OCH3 is 2. The predicted molar refractivity (Wildman–Crippen MR) is 109 cm³/mol. The molecule has 29 heavy (non-hydrogen) atoms. The van der Waals surface area contributed by atoms with E-state index in [1.807, 2.05) is 29.3 Å². The van der Waals surface area contributed by atoms with Crippen molar-refractivity contribution in [3.63, 3.8) is 0 Å². The first-order valence-corrected chi connectivity index (χ1v) is 10.2. The van der Waals surface area contributed by atoms with Crippen molar-refractivity contribution in [2.75, 3.05) is 27.3 Å². The average molecular weight is 396 g/mol. The van der Waals surface area contributed by atoms with Gasteiger partial charge in [-0.25, -0.2) is 9.97 Å². The minimum Gasteiger partial charge on any atom is -0.493 e. The first kappa shape index (κ1) is 19.6. The summed E-state index contributed by atoms with van der Waals surface area (Å²) >= 11 is 0. The lowest BCUT2D eigenvalue weighted by Gasteiger charge is -2.29. The molecule has 0 unspecified atom stereocenters. The monoisotopic (exact) mass is 396 g/mol. The number of aromatic nitrogens is 2. The summed E-state index contributed by atoms with van der Waals surface area (Å²) in [7, 11) is 3.20. The molecule has 1 aromatic heterocycles. The van der Waals surface area contributed by atoms with Crippen LogP contribution in [0.5, 0.6) is 11.5 Å². The molecule has 0 bridgehead atoms. The Labute approximate surface area is 171 Å². The van der Waals surface area contributed by atoms with E-state index in [0.29, 0.717) is 31.0 Å². The van der Waals surface area contributed by atoms with E-state index in [9.17, 15) is 4.79 Å². The molecule has 1 amide bonds. The van der Waals surface area contributed by atoms with E-state index in [1.54, 1.807) is 14.2 Å². The largest absolute Gasteiger partial charge is 0.493 e. The van der Waals surface area contributed by atoms with Gasteiger partial charge in [0.15, 0.2) is 11.5 Å². The minimum atomic E-state index is 0.0980. The van der Waals surface area contributed by atoms with Crippen LogP contribution in [0.1, 0.15) is 47.9 Å². The summed E-state index contributed by atoms with van der Waals surface area (Å²) in [4.78, 5) is 24.1. The van der Waals surface area contributed by atoms with Gasteiger partial charge in [0.05, 0.1) is 32.4 Å². The molecule has 4 rings (SSSR count). The van der Waals surface area contributed by atoms with Gasteiger partial charge in [-0.3, -0.25) is 4.79 Å². The van der Waals surface area contributed by atoms with Crippen molar-refractivity contribution >= 4 is 5.91 Å². The second kappa shape index (κ2) is 8.78. The molecule has 2 aromatic rings. The average Bonchev–Trinajstić information content (AvgIpc) is 2.78. The number of carbonyl (C=O) groups is 1. The number of amides is 1. The van der Waals surface area contributed by atoms with Crippen LogP contribution in [0.2, 0.25) is 0 Å². The molecule has 154 valence electrons. The van der Waals surface area contributed by atoms with E-state index in [0.717, 1.165) is 42.0 Å². The number of ether oxygens (including phenoxy) is 2. The minimum absolute atomic E-state index is 0.0980. The van der Waals surface area contributed by atoms with Crippen LogP contribution in [0.4, 0.5) is 0 Å². The van der Waals surface area contributed by atoms with E-state index in [2.05, 4.69) is 10.3 Å². The fraction of sp³-hybridized carbons (Fsp3) is 0.500. The van der Waals surface area contributed by atoms with E-state index < -0.39 is 0 Å². The molecular weight excluding hydrogens is 368 g/mol. The van der Waals surface area contributed by atoms with Gasteiger partial charge >= 0.3 is 0 Å². The number of rotatable bonds is 5. The van der Waals surface area contributed by atoms with Crippen molar-refractivity contribution in [1.82, 2.24) is 20.2 Å². The first-order valence-electron chi connectivity index (χ1n) is 10.2. The molecule has 1 N–H and O–H groups in total. The maximum atomic E-state index is 12.8. The molecule has 0 spiro atoms. The lowest BCUT2D eigenvalue weighted by Crippen LogP contribution is -2.38. The first-order chi connectivity index (χ1) is 14.2. The highest BCUT2D eigenvalue weighted by atomic mass is 16.5. The van der Waals surface area contributed by atoms with Crippen LogP contribution in [0.3, 0.4) is 0 Å². The van der Waals surface area contributed by atoms with Crippen molar-refractivity contribution in [2.45, 2.75) is 44.7 Å². The molecule has 1 aromatic carbocycles. The third kappa shape index (κ3) is 4.34. The number of piperidine rings is 1. The Balaban J connectivity index is 1.42. The topological polar surface area (TPSA) is 76.6 Å². The van der Waals surface area contributed by atoms with Gasteiger partial charge < -0.3 is 19.7 Å². The molecule has 2 aliphatic rings. The van der Waals surface area contributed by atoms with Gasteiger partial charge in [0.2, 0.25) is 5.91 Å². The van der Waals surface area contributed by atoms with Gasteiger partial charge in [0.1, 0.15) is 5.82 Å². The molecule has 7 nitrogen and oxygen atoms in total. The summed E-state index contributed by atoms with van der Waals surface area (Å²) in [5.74, 6) is 2.30. The number of hydrogen-bond donors (Lipinski definition) is 1. The number of benzene rings is 1. The smallest absolute Gasteiger partial charge is 0.227 e. The maximum absolute atomic E-state index is 12.8. The van der Waals surface area contributed by atoms with Crippen LogP contribution in [0.25, 0.3) is 0 Å². The van der Waals surface area contributed by atoms with Gasteiger partial charge in [-0.05, 0) is 37.1 Å². The fourth-order valence-electron chi connectivity index (χ4n) is 4.06. The zero-order valence-corrected chi connectivity index (χ0v) is 17.1. The van der Waals surface area contributed by atoms with Crippen LogP contribution in [0.15, 0.2) is 24.4 Å². The molecule has 0 saturated carbocycles. The summed E-state index contributed by atoms with van der Waals surface area (Å²) in [6.07, 6.45) is 6.55. The van der Waals surface area contributed by atoms with Gasteiger partial charge in [0, 0.05) is 31.3 Å². The Hall–Kier alpha value is -2.67. The molecule has 0 radical (unpaired) electrons. The third-order valence-corrected chi connectivity index (χ3v) is 5.73. The zero-order chi connectivity index (χ0) is 20.2. The third-order valence-electron chi connectivity index (χ3n) is 5.73. The highest BCUT2D eigenvalue weighted by Crippen LogP contribution is 2.28. The van der Waals surface area contributed by atoms with Crippen molar-refractivity contribution in [1.29, 1.82) is 0 Å². The fourth-order valence-corrected chi connectivity index (χ4v) is 4.06. The summed E-state index contributed by atoms with van der Waals surface area (Å²) in [6, 6.07) is 5.87. The number of fused-ring (bicyclic) bond motifs is 1. The van der Waals surface area contributed by atoms with Crippen molar-refractivity contribution in [3.8, 4) is 11.5 Å². The molecule has 7 heteroatoms. The van der Waals surface area contributed by atoms with E-state index in [4.69, 9.17) is 14.5 Å². The number of nitrogens with zero attached hydrogens (tertiary/aromatic N) is 3. The second-order valence-electron chi connectivity index (χ2n) is 7.63. The SMILES string of the molecule is COc1ccc(CC(=O)N2CCc3nc([C@@H]4CCCCN4)ncc3C2)cc1OC. The molecule has 0 aliphatic carbocycles. The van der Waals surface area contributed by atoms with Crippen molar-refractivity contribution in [2.24, 2.45) is 0 Å². The Morgan fingerprint density at radius 3 is 2.86 bits per heavy atom. The van der Waals surface area contributed by atoms with Gasteiger partial charge in [-0.2, -0.15) is 0 Å². The van der Waals surface area contributed by atoms with Crippen molar-refractivity contribution < 1.29 is 14.3 Å². The summed E-state index contributed by atoms with van der Waals surface area (Å²) < 4.78 is 10.6. The maximum Gasteiger partial charge on any atom is 0.227 e. The summed E-state index contributed by atoms with van der Waals surface area (Å²) in [6.45, 7) is 2.29. The second-order valence-corrected chi connectivity index (χ2v) is 7.63. The van der Waals surface area contributed by atoms with Gasteiger partial charge in [-0.15, -0.1) is 0 Å². The van der Waals surface area contributed by atoms with Crippen LogP contribution in [-0.2, 0) is 24.2 Å². The zero-order valence-electron chi connectivity index (χ0n) is 17.1. The van der Waals surface area contributed by atoms with E-state index >= 15 is 0 Å². The molecule has 3 heterocycles. The van der Waals surface area contributed by atoms with Crippen LogP contribution < -0.4 is 14.8 Å². The Bertz CT molecular complexity index is 880. The van der Waals surface area contributed by atoms with Crippen molar-refractivity contribution in [3.05, 3.63) is 47.0 Å². The number of nitrogens with one attached hydrogen (secondary N) is 1. The highest BCUT2D eigenvalue weighted by molar-refractivity contribution is 5.79. The summed E-state index contributed by atoms with van der Waals surface area (Å²) in [5.41, 5.74) is 3.04.